The molecule has 6 heteroatoms. The van der Waals surface area contributed by atoms with Crippen LogP contribution in [-0.2, 0) is 11.2 Å². The average molecular weight is 399 g/mol. The van der Waals surface area contributed by atoms with Crippen LogP contribution in [-0.4, -0.2) is 29.4 Å². The molecule has 0 fully saturated rings. The molecule has 5 rings (SSSR count). The monoisotopic (exact) mass is 399 g/mol. The average Bonchev–Trinajstić information content (AvgIpc) is 3.34. The Hall–Kier alpha value is -3.67. The number of nitrogens with zero attached hydrogens (tertiary/aromatic N) is 1. The number of aromatic nitrogens is 1. The second kappa shape index (κ2) is 7.63. The van der Waals surface area contributed by atoms with Crippen LogP contribution in [0.1, 0.15) is 33.9 Å². The number of para-hydroxylation sites is 1. The van der Waals surface area contributed by atoms with Crippen LogP contribution >= 0.6 is 0 Å². The van der Waals surface area contributed by atoms with Gasteiger partial charge in [-0.2, -0.15) is 0 Å². The Kier molecular flexibility index (Phi) is 4.67. The molecule has 6 nitrogen and oxygen atoms in total. The number of carbonyl (C=O) groups excluding carboxylic acids is 2. The largest absolute Gasteiger partial charge is 0.487 e. The van der Waals surface area contributed by atoms with Crippen LogP contribution in [0, 0.1) is 0 Å². The molecule has 0 spiro atoms. The Morgan fingerprint density at radius 3 is 2.73 bits per heavy atom. The lowest BCUT2D eigenvalue weighted by atomic mass is 10.0. The van der Waals surface area contributed by atoms with Crippen molar-refractivity contribution in [1.82, 2.24) is 15.6 Å². The summed E-state index contributed by atoms with van der Waals surface area (Å²) in [5, 5.41) is 5.85. The molecule has 30 heavy (non-hydrogen) atoms. The van der Waals surface area contributed by atoms with E-state index in [1.54, 1.807) is 18.5 Å². The molecular formula is C24H21N3O3. The molecule has 2 atom stereocenters. The minimum atomic E-state index is -0.284. The number of hydrogen-bond donors (Lipinski definition) is 2. The highest BCUT2D eigenvalue weighted by Crippen LogP contribution is 2.38. The van der Waals surface area contributed by atoms with Crippen molar-refractivity contribution in [1.29, 1.82) is 0 Å². The molecule has 2 aliphatic heterocycles. The minimum absolute atomic E-state index is 0.106. The van der Waals surface area contributed by atoms with E-state index < -0.39 is 0 Å². The second-order valence-corrected chi connectivity index (χ2v) is 7.60. The molecular weight excluding hydrogens is 378 g/mol. The number of ether oxygens (including phenoxy) is 1. The van der Waals surface area contributed by atoms with Gasteiger partial charge in [-0.3, -0.25) is 14.6 Å². The van der Waals surface area contributed by atoms with Crippen molar-refractivity contribution in [2.24, 2.45) is 0 Å². The van der Waals surface area contributed by atoms with E-state index in [2.05, 4.69) is 21.7 Å². The molecule has 0 saturated carbocycles. The standard InChI is InChI=1S/C24H21N3O3/c28-22(13-21-19-5-1-2-6-20(19)24(29)27-21)26-14-17-12-16-4-3-7-18(23(16)30-17)15-8-10-25-11-9-15/h1-11,17,21H,12-14H2,(H,26,28)(H,27,29)/t17-,21+/m1/s1. The normalized spacial score (nSPS) is 18.9. The summed E-state index contributed by atoms with van der Waals surface area (Å²) < 4.78 is 6.18. The number of benzene rings is 2. The number of amides is 2. The maximum absolute atomic E-state index is 12.5. The van der Waals surface area contributed by atoms with Gasteiger partial charge in [-0.1, -0.05) is 36.4 Å². The lowest BCUT2D eigenvalue weighted by molar-refractivity contribution is -0.121. The van der Waals surface area contributed by atoms with E-state index in [1.165, 1.54) is 0 Å². The SMILES string of the molecule is O=C(C[C@@H]1NC(=O)c2ccccc21)NC[C@H]1Cc2cccc(-c3ccncc3)c2O1. The Bertz CT molecular complexity index is 1110. The molecule has 3 aromatic rings. The third-order valence-electron chi connectivity index (χ3n) is 5.62. The molecule has 0 unspecified atom stereocenters. The highest BCUT2D eigenvalue weighted by Gasteiger charge is 2.30. The van der Waals surface area contributed by atoms with Gasteiger partial charge in [0, 0.05) is 29.9 Å². The molecule has 2 amide bonds. The van der Waals surface area contributed by atoms with Crippen LogP contribution < -0.4 is 15.4 Å². The van der Waals surface area contributed by atoms with E-state index in [0.29, 0.717) is 12.1 Å². The number of hydrogen-bond acceptors (Lipinski definition) is 4. The van der Waals surface area contributed by atoms with Gasteiger partial charge in [-0.05, 0) is 34.9 Å². The van der Waals surface area contributed by atoms with Crippen LogP contribution in [0.15, 0.2) is 67.0 Å². The summed E-state index contributed by atoms with van der Waals surface area (Å²) in [5.74, 6) is 0.646. The molecule has 2 aromatic carbocycles. The van der Waals surface area contributed by atoms with Crippen LogP contribution in [0.3, 0.4) is 0 Å². The van der Waals surface area contributed by atoms with Crippen molar-refractivity contribution in [2.75, 3.05) is 6.54 Å². The Morgan fingerprint density at radius 1 is 1.07 bits per heavy atom. The van der Waals surface area contributed by atoms with E-state index in [4.69, 9.17) is 4.74 Å². The number of carbonyl (C=O) groups is 2. The summed E-state index contributed by atoms with van der Waals surface area (Å²) in [6.45, 7) is 0.422. The number of nitrogens with one attached hydrogen (secondary N) is 2. The summed E-state index contributed by atoms with van der Waals surface area (Å²) in [5.41, 5.74) is 4.76. The van der Waals surface area contributed by atoms with Gasteiger partial charge in [0.1, 0.15) is 11.9 Å². The van der Waals surface area contributed by atoms with Crippen molar-refractivity contribution in [3.05, 3.63) is 83.7 Å². The molecule has 0 radical (unpaired) electrons. The Labute approximate surface area is 174 Å². The van der Waals surface area contributed by atoms with Crippen molar-refractivity contribution >= 4 is 11.8 Å². The van der Waals surface area contributed by atoms with Gasteiger partial charge in [0.15, 0.2) is 0 Å². The number of pyridine rings is 1. The molecule has 150 valence electrons. The first-order valence-electron chi connectivity index (χ1n) is 10.0. The number of fused-ring (bicyclic) bond motifs is 2. The fourth-order valence-electron chi connectivity index (χ4n) is 4.18. The van der Waals surface area contributed by atoms with Crippen molar-refractivity contribution in [3.8, 4) is 16.9 Å². The van der Waals surface area contributed by atoms with Gasteiger partial charge in [0.05, 0.1) is 19.0 Å². The van der Waals surface area contributed by atoms with E-state index in [9.17, 15) is 9.59 Å². The molecule has 0 bridgehead atoms. The molecule has 1 aromatic heterocycles. The lowest BCUT2D eigenvalue weighted by Crippen LogP contribution is -2.36. The minimum Gasteiger partial charge on any atom is -0.487 e. The summed E-state index contributed by atoms with van der Waals surface area (Å²) in [6, 6.07) is 17.2. The van der Waals surface area contributed by atoms with Gasteiger partial charge < -0.3 is 15.4 Å². The predicted molar refractivity (Wildman–Crippen MR) is 112 cm³/mol. The quantitative estimate of drug-likeness (QED) is 0.691. The van der Waals surface area contributed by atoms with Crippen LogP contribution in [0.4, 0.5) is 0 Å². The lowest BCUT2D eigenvalue weighted by Gasteiger charge is -2.15. The van der Waals surface area contributed by atoms with E-state index in [1.807, 2.05) is 42.5 Å². The Morgan fingerprint density at radius 2 is 1.87 bits per heavy atom. The summed E-state index contributed by atoms with van der Waals surface area (Å²) in [7, 11) is 0. The van der Waals surface area contributed by atoms with Crippen LogP contribution in [0.2, 0.25) is 0 Å². The smallest absolute Gasteiger partial charge is 0.252 e. The maximum Gasteiger partial charge on any atom is 0.252 e. The van der Waals surface area contributed by atoms with Crippen LogP contribution in [0.5, 0.6) is 5.75 Å². The zero-order valence-electron chi connectivity index (χ0n) is 16.3. The van der Waals surface area contributed by atoms with Gasteiger partial charge >= 0.3 is 0 Å². The van der Waals surface area contributed by atoms with Gasteiger partial charge in [0.25, 0.3) is 5.91 Å². The number of rotatable bonds is 5. The van der Waals surface area contributed by atoms with E-state index >= 15 is 0 Å². The summed E-state index contributed by atoms with van der Waals surface area (Å²) in [6.07, 6.45) is 4.38. The highest BCUT2D eigenvalue weighted by atomic mass is 16.5. The topological polar surface area (TPSA) is 80.3 Å². The second-order valence-electron chi connectivity index (χ2n) is 7.60. The Balaban J connectivity index is 1.21. The third-order valence-corrected chi connectivity index (χ3v) is 5.62. The van der Waals surface area contributed by atoms with Crippen molar-refractivity contribution < 1.29 is 14.3 Å². The zero-order chi connectivity index (χ0) is 20.5. The van der Waals surface area contributed by atoms with Gasteiger partial charge in [-0.25, -0.2) is 0 Å². The highest BCUT2D eigenvalue weighted by molar-refractivity contribution is 5.99. The first-order chi connectivity index (χ1) is 14.7. The first-order valence-corrected chi connectivity index (χ1v) is 10.0. The van der Waals surface area contributed by atoms with Gasteiger partial charge in [-0.15, -0.1) is 0 Å². The first kappa shape index (κ1) is 18.4. The van der Waals surface area contributed by atoms with Crippen molar-refractivity contribution in [2.45, 2.75) is 25.0 Å². The molecule has 2 aliphatic rings. The van der Waals surface area contributed by atoms with E-state index in [0.717, 1.165) is 34.4 Å². The molecule has 0 saturated heterocycles. The van der Waals surface area contributed by atoms with E-state index in [-0.39, 0.29) is 30.4 Å². The fourth-order valence-corrected chi connectivity index (χ4v) is 4.18. The summed E-state index contributed by atoms with van der Waals surface area (Å²) in [4.78, 5) is 28.6. The van der Waals surface area contributed by atoms with Gasteiger partial charge in [0.2, 0.25) is 5.91 Å². The molecule has 2 N–H and O–H groups in total. The molecule has 0 aliphatic carbocycles. The third kappa shape index (κ3) is 3.41. The fraction of sp³-hybridized carbons (Fsp3) is 0.208. The predicted octanol–water partition coefficient (Wildman–Crippen LogP) is 3.04. The maximum atomic E-state index is 12.5. The van der Waals surface area contributed by atoms with Crippen LogP contribution in [0.25, 0.3) is 11.1 Å². The zero-order valence-corrected chi connectivity index (χ0v) is 16.3. The summed E-state index contributed by atoms with van der Waals surface area (Å²) >= 11 is 0. The molecule has 3 heterocycles. The van der Waals surface area contributed by atoms with Crippen molar-refractivity contribution in [3.63, 3.8) is 0 Å².